The minimum atomic E-state index is -3.89. The van der Waals surface area contributed by atoms with Gasteiger partial charge in [0.05, 0.1) is 17.0 Å². The Balaban J connectivity index is 1.45. The molecule has 0 spiro atoms. The van der Waals surface area contributed by atoms with Crippen molar-refractivity contribution in [3.05, 3.63) is 64.7 Å². The van der Waals surface area contributed by atoms with Gasteiger partial charge >= 0.3 is 10.2 Å². The third-order valence-corrected chi connectivity index (χ3v) is 7.93. The monoisotopic (exact) mass is 506 g/mol. The molecule has 34 heavy (non-hydrogen) atoms. The van der Waals surface area contributed by atoms with Crippen molar-refractivity contribution in [2.45, 2.75) is 25.4 Å². The number of nitriles is 1. The molecule has 2 amide bonds. The highest BCUT2D eigenvalue weighted by Gasteiger charge is 2.42. The number of carbonyl (C=O) groups excluding carboxylic acids is 2. The second-order valence-electron chi connectivity index (χ2n) is 8.20. The Hall–Kier alpha value is -3.07. The highest BCUT2D eigenvalue weighted by Crippen LogP contribution is 2.22. The Kier molecular flexibility index (Phi) is 6.84. The van der Waals surface area contributed by atoms with Crippen LogP contribution in [0.1, 0.15) is 28.8 Å². The summed E-state index contributed by atoms with van der Waals surface area (Å²) >= 11 is 5.68. The largest absolute Gasteiger partial charge is 0.447 e. The van der Waals surface area contributed by atoms with Gasteiger partial charge in [0.1, 0.15) is 17.4 Å². The van der Waals surface area contributed by atoms with Gasteiger partial charge in [0, 0.05) is 32.2 Å². The topological polar surface area (TPSA) is 114 Å². The van der Waals surface area contributed by atoms with Gasteiger partial charge in [0.2, 0.25) is 12.1 Å². The predicted octanol–water partition coefficient (Wildman–Crippen LogP) is 1.24. The Morgan fingerprint density at radius 3 is 2.76 bits per heavy atom. The van der Waals surface area contributed by atoms with Gasteiger partial charge in [-0.15, -0.1) is 12.7 Å². The predicted molar refractivity (Wildman–Crippen MR) is 119 cm³/mol. The van der Waals surface area contributed by atoms with Crippen molar-refractivity contribution in [2.75, 3.05) is 19.6 Å². The molecule has 0 unspecified atom stereocenters. The lowest BCUT2D eigenvalue weighted by atomic mass is 10.1. The van der Waals surface area contributed by atoms with Gasteiger partial charge < -0.3 is 10.2 Å². The minimum Gasteiger partial charge on any atom is -0.350 e. The Morgan fingerprint density at radius 2 is 2.06 bits per heavy atom. The maximum Gasteiger partial charge on any atom is 0.447 e. The smallest absolute Gasteiger partial charge is 0.350 e. The quantitative estimate of drug-likeness (QED) is 0.592. The van der Waals surface area contributed by atoms with Crippen molar-refractivity contribution in [2.24, 2.45) is 5.92 Å². The number of likely N-dealkylation sites (tertiary alicyclic amines) is 1. The number of carbonyl (C=O) groups is 2. The summed E-state index contributed by atoms with van der Waals surface area (Å²) in [5.41, 5.74) is 0.660. The summed E-state index contributed by atoms with van der Waals surface area (Å²) < 4.78 is 41.3. The van der Waals surface area contributed by atoms with Crippen LogP contribution in [0, 0.1) is 23.1 Å². The van der Waals surface area contributed by atoms with E-state index in [2.05, 4.69) is 5.32 Å². The van der Waals surface area contributed by atoms with E-state index in [1.807, 2.05) is 6.07 Å². The number of halogens is 2. The standard InChI is InChI=1S/C22H21ClFN5O4S/c23-18-6-5-15(9-19(18)24)11-26-21(30)20-4-2-8-29(20)22(31)17-3-1-7-27(14-17)34(32,33)28-12-16(10-25)13-28/h1,3,5-7,9,14,16,20H,2,4,8,11-13H2/p+1/t20-/m1/s1. The molecule has 2 fully saturated rings. The van der Waals surface area contributed by atoms with Gasteiger partial charge in [-0.25, -0.2) is 4.39 Å². The summed E-state index contributed by atoms with van der Waals surface area (Å²) in [5, 5.41) is 11.6. The Labute approximate surface area is 201 Å². The number of hydrogen-bond acceptors (Lipinski definition) is 5. The first-order valence-electron chi connectivity index (χ1n) is 10.6. The van der Waals surface area contributed by atoms with Gasteiger partial charge in [-0.2, -0.15) is 5.26 Å². The normalized spacial score (nSPS) is 18.9. The summed E-state index contributed by atoms with van der Waals surface area (Å²) in [7, 11) is -3.89. The maximum absolute atomic E-state index is 13.6. The molecule has 1 aromatic carbocycles. The first-order valence-corrected chi connectivity index (χ1v) is 12.4. The van der Waals surface area contributed by atoms with Crippen LogP contribution in [0.4, 0.5) is 4.39 Å². The average Bonchev–Trinajstić information content (AvgIpc) is 3.28. The summed E-state index contributed by atoms with van der Waals surface area (Å²) in [6.45, 7) is 0.643. The highest BCUT2D eigenvalue weighted by atomic mass is 35.5. The van der Waals surface area contributed by atoms with Gasteiger partial charge in [0.15, 0.2) is 6.20 Å². The average molecular weight is 507 g/mol. The van der Waals surface area contributed by atoms with Crippen LogP contribution in [-0.4, -0.2) is 55.1 Å². The first-order chi connectivity index (χ1) is 16.2. The van der Waals surface area contributed by atoms with Crippen molar-refractivity contribution in [1.29, 1.82) is 5.26 Å². The second kappa shape index (κ2) is 9.66. The van der Waals surface area contributed by atoms with Crippen molar-refractivity contribution in [1.82, 2.24) is 14.5 Å². The summed E-state index contributed by atoms with van der Waals surface area (Å²) in [5.74, 6) is -1.76. The third kappa shape index (κ3) is 4.75. The van der Waals surface area contributed by atoms with Crippen LogP contribution in [0.2, 0.25) is 5.02 Å². The molecule has 178 valence electrons. The Bertz CT molecular complexity index is 1280. The first kappa shape index (κ1) is 24.1. The number of benzene rings is 1. The van der Waals surface area contributed by atoms with Crippen molar-refractivity contribution >= 4 is 33.6 Å². The van der Waals surface area contributed by atoms with Gasteiger partial charge in [0.25, 0.3) is 5.91 Å². The number of nitrogens with one attached hydrogen (secondary N) is 1. The lowest BCUT2D eigenvalue weighted by Crippen LogP contribution is -2.60. The zero-order valence-electron chi connectivity index (χ0n) is 18.0. The molecule has 0 aliphatic carbocycles. The molecule has 3 heterocycles. The molecule has 9 nitrogen and oxygen atoms in total. The Morgan fingerprint density at radius 1 is 1.29 bits per heavy atom. The molecule has 0 bridgehead atoms. The lowest BCUT2D eigenvalue weighted by Gasteiger charge is -2.30. The number of rotatable bonds is 6. The summed E-state index contributed by atoms with van der Waals surface area (Å²) in [6.07, 6.45) is 3.63. The number of amides is 2. The van der Waals surface area contributed by atoms with E-state index in [9.17, 15) is 22.4 Å². The molecule has 12 heteroatoms. The molecule has 1 aromatic heterocycles. The molecule has 2 aliphatic heterocycles. The minimum absolute atomic E-state index is 0.0104. The summed E-state index contributed by atoms with van der Waals surface area (Å²) in [6, 6.07) is 8.49. The zero-order chi connectivity index (χ0) is 24.5. The van der Waals surface area contributed by atoms with Crippen LogP contribution in [-0.2, 0) is 21.5 Å². The van der Waals surface area contributed by atoms with E-state index in [-0.39, 0.29) is 42.0 Å². The van der Waals surface area contributed by atoms with E-state index in [4.69, 9.17) is 16.9 Å². The molecule has 2 saturated heterocycles. The van der Waals surface area contributed by atoms with Crippen LogP contribution in [0.15, 0.2) is 42.7 Å². The summed E-state index contributed by atoms with van der Waals surface area (Å²) in [4.78, 5) is 27.4. The zero-order valence-corrected chi connectivity index (χ0v) is 19.6. The van der Waals surface area contributed by atoms with Crippen LogP contribution < -0.4 is 9.29 Å². The fourth-order valence-corrected chi connectivity index (χ4v) is 5.56. The number of nitrogens with zero attached hydrogens (tertiary/aromatic N) is 4. The van der Waals surface area contributed by atoms with E-state index < -0.39 is 28.0 Å². The fourth-order valence-electron chi connectivity index (χ4n) is 3.97. The lowest BCUT2D eigenvalue weighted by molar-refractivity contribution is -0.517. The molecular weight excluding hydrogens is 485 g/mol. The van der Waals surface area contributed by atoms with Crippen LogP contribution in [0.25, 0.3) is 0 Å². The molecule has 0 saturated carbocycles. The number of aromatic nitrogens is 1. The maximum atomic E-state index is 13.6. The van der Waals surface area contributed by atoms with Crippen LogP contribution >= 0.6 is 11.6 Å². The number of hydrogen-bond donors (Lipinski definition) is 1. The molecule has 4 rings (SSSR count). The van der Waals surface area contributed by atoms with E-state index in [0.717, 1.165) is 3.97 Å². The van der Waals surface area contributed by atoms with Crippen LogP contribution in [0.3, 0.4) is 0 Å². The van der Waals surface area contributed by atoms with E-state index in [1.54, 1.807) is 6.07 Å². The molecule has 1 N–H and O–H groups in total. The van der Waals surface area contributed by atoms with Crippen molar-refractivity contribution < 1.29 is 26.4 Å². The van der Waals surface area contributed by atoms with Gasteiger partial charge in [-0.1, -0.05) is 21.6 Å². The number of pyridine rings is 1. The molecule has 2 aromatic rings. The fraction of sp³-hybridized carbons (Fsp3) is 0.364. The third-order valence-electron chi connectivity index (χ3n) is 5.91. The highest BCUT2D eigenvalue weighted by molar-refractivity contribution is 7.82. The van der Waals surface area contributed by atoms with E-state index in [0.29, 0.717) is 24.9 Å². The van der Waals surface area contributed by atoms with Crippen molar-refractivity contribution in [3.8, 4) is 6.07 Å². The van der Waals surface area contributed by atoms with Crippen molar-refractivity contribution in [3.63, 3.8) is 0 Å². The van der Waals surface area contributed by atoms with Gasteiger partial charge in [-0.3, -0.25) is 9.59 Å². The van der Waals surface area contributed by atoms with Gasteiger partial charge in [-0.05, 0) is 36.6 Å². The van der Waals surface area contributed by atoms with Crippen LogP contribution in [0.5, 0.6) is 0 Å². The second-order valence-corrected chi connectivity index (χ2v) is 10.4. The molecule has 0 radical (unpaired) electrons. The molecule has 1 atom stereocenters. The van der Waals surface area contributed by atoms with E-state index >= 15 is 0 Å². The SMILES string of the molecule is N#CC1CN(S(=O)(=O)[n+]2cccc(C(=O)N3CCC[C@@H]3C(=O)NCc3ccc(Cl)c(F)c3)c2)C1. The molecule has 2 aliphatic rings. The van der Waals surface area contributed by atoms with E-state index in [1.165, 1.54) is 45.9 Å². The molecular formula is C22H22ClFN5O4S+.